The summed E-state index contributed by atoms with van der Waals surface area (Å²) in [6, 6.07) is 8.34. The second kappa shape index (κ2) is 8.16. The predicted octanol–water partition coefficient (Wildman–Crippen LogP) is 2.35. The Morgan fingerprint density at radius 3 is 3.08 bits per heavy atom. The molecule has 2 amide bonds. The van der Waals surface area contributed by atoms with Gasteiger partial charge >= 0.3 is 6.03 Å². The van der Waals surface area contributed by atoms with E-state index in [2.05, 4.69) is 22.4 Å². The third-order valence-electron chi connectivity index (χ3n) is 4.71. The van der Waals surface area contributed by atoms with E-state index in [9.17, 15) is 9.90 Å². The lowest BCUT2D eigenvalue weighted by atomic mass is 10.1. The monoisotopic (exact) mass is 342 g/mol. The van der Waals surface area contributed by atoms with Crippen molar-refractivity contribution in [3.63, 3.8) is 0 Å². The summed E-state index contributed by atoms with van der Waals surface area (Å²) in [6.45, 7) is 3.31. The van der Waals surface area contributed by atoms with Gasteiger partial charge in [-0.05, 0) is 37.3 Å². The topological polar surface area (TPSA) is 70.4 Å². The first-order valence-corrected chi connectivity index (χ1v) is 8.90. The molecule has 0 fully saturated rings. The summed E-state index contributed by atoms with van der Waals surface area (Å²) >= 11 is 0. The van der Waals surface area contributed by atoms with Crippen molar-refractivity contribution in [2.24, 2.45) is 0 Å². The van der Waals surface area contributed by atoms with Gasteiger partial charge < -0.3 is 19.9 Å². The minimum atomic E-state index is -0.0669. The number of hydrogen-bond acceptors (Lipinski definition) is 3. The van der Waals surface area contributed by atoms with E-state index in [-0.39, 0.29) is 24.7 Å². The van der Waals surface area contributed by atoms with Gasteiger partial charge in [0.25, 0.3) is 0 Å². The van der Waals surface area contributed by atoms with Gasteiger partial charge in [-0.15, -0.1) is 0 Å². The number of nitrogens with one attached hydrogen (secondary N) is 1. The van der Waals surface area contributed by atoms with Gasteiger partial charge in [-0.25, -0.2) is 9.78 Å². The van der Waals surface area contributed by atoms with Crippen LogP contribution in [0, 0.1) is 0 Å². The number of aliphatic hydroxyl groups is 1. The molecule has 6 nitrogen and oxygen atoms in total. The molecule has 1 aliphatic carbocycles. The molecule has 0 aliphatic heterocycles. The van der Waals surface area contributed by atoms with Crippen LogP contribution in [0.1, 0.15) is 36.9 Å². The number of imidazole rings is 1. The summed E-state index contributed by atoms with van der Waals surface area (Å²) in [5.41, 5.74) is 2.55. The lowest BCUT2D eigenvalue weighted by molar-refractivity contribution is 0.161. The Labute approximate surface area is 148 Å². The number of urea groups is 1. The van der Waals surface area contributed by atoms with Crippen LogP contribution in [-0.4, -0.2) is 44.8 Å². The summed E-state index contributed by atoms with van der Waals surface area (Å²) in [7, 11) is 0. The zero-order valence-corrected chi connectivity index (χ0v) is 14.6. The first kappa shape index (κ1) is 17.5. The van der Waals surface area contributed by atoms with Crippen molar-refractivity contribution in [1.82, 2.24) is 19.8 Å². The SMILES string of the molecule is CC(Cn1ccnc1)NC(=O)N(CCCO)C1CCc2ccccc21. The number of nitrogens with zero attached hydrogens (tertiary/aromatic N) is 3. The molecule has 1 aromatic carbocycles. The quantitative estimate of drug-likeness (QED) is 0.811. The van der Waals surface area contributed by atoms with Crippen LogP contribution in [0.5, 0.6) is 0 Å². The van der Waals surface area contributed by atoms with Crippen molar-refractivity contribution in [2.75, 3.05) is 13.2 Å². The zero-order chi connectivity index (χ0) is 17.6. The van der Waals surface area contributed by atoms with Crippen molar-refractivity contribution in [3.05, 3.63) is 54.1 Å². The Balaban J connectivity index is 1.68. The highest BCUT2D eigenvalue weighted by Gasteiger charge is 2.30. The predicted molar refractivity (Wildman–Crippen MR) is 96.1 cm³/mol. The van der Waals surface area contributed by atoms with E-state index in [1.54, 1.807) is 12.5 Å². The normalized spacial score (nSPS) is 17.1. The van der Waals surface area contributed by atoms with Crippen molar-refractivity contribution >= 4 is 6.03 Å². The highest BCUT2D eigenvalue weighted by molar-refractivity contribution is 5.75. The number of aliphatic hydroxyl groups excluding tert-OH is 1. The lowest BCUT2D eigenvalue weighted by Crippen LogP contribution is -2.46. The number of benzene rings is 1. The number of carbonyl (C=O) groups is 1. The first-order valence-electron chi connectivity index (χ1n) is 8.90. The summed E-state index contributed by atoms with van der Waals surface area (Å²) in [6.07, 6.45) is 7.89. The van der Waals surface area contributed by atoms with Crippen LogP contribution in [0.15, 0.2) is 43.0 Å². The smallest absolute Gasteiger partial charge is 0.318 e. The Bertz CT molecular complexity index is 686. The van der Waals surface area contributed by atoms with E-state index < -0.39 is 0 Å². The first-order chi connectivity index (χ1) is 12.2. The minimum Gasteiger partial charge on any atom is -0.396 e. The molecule has 134 valence electrons. The molecule has 2 N–H and O–H groups in total. The fourth-order valence-corrected chi connectivity index (χ4v) is 3.55. The Hall–Kier alpha value is -2.34. The number of aromatic nitrogens is 2. The van der Waals surface area contributed by atoms with Crippen LogP contribution in [0.2, 0.25) is 0 Å². The standard InChI is InChI=1S/C19H26N4O2/c1-15(13-22-11-9-20-14-22)21-19(25)23(10-4-12-24)18-8-7-16-5-2-3-6-17(16)18/h2-3,5-6,9,11,14-15,18,24H,4,7-8,10,12-13H2,1H3,(H,21,25). The van der Waals surface area contributed by atoms with Crippen LogP contribution < -0.4 is 5.32 Å². The molecule has 0 spiro atoms. The van der Waals surface area contributed by atoms with Gasteiger partial charge in [-0.3, -0.25) is 0 Å². The molecule has 1 heterocycles. The molecule has 0 radical (unpaired) electrons. The number of fused-ring (bicyclic) bond motifs is 1. The molecular formula is C19H26N4O2. The highest BCUT2D eigenvalue weighted by Crippen LogP contribution is 2.35. The number of aryl methyl sites for hydroxylation is 1. The molecule has 0 saturated heterocycles. The van der Waals surface area contributed by atoms with Crippen LogP contribution in [0.3, 0.4) is 0 Å². The number of amides is 2. The summed E-state index contributed by atoms with van der Waals surface area (Å²) < 4.78 is 1.95. The molecule has 2 aromatic rings. The third kappa shape index (κ3) is 4.20. The van der Waals surface area contributed by atoms with Gasteiger partial charge in [0.15, 0.2) is 0 Å². The molecule has 2 atom stereocenters. The molecule has 1 aromatic heterocycles. The van der Waals surface area contributed by atoms with Crippen LogP contribution >= 0.6 is 0 Å². The minimum absolute atomic E-state index is 0.00465. The van der Waals surface area contributed by atoms with E-state index in [0.717, 1.165) is 12.8 Å². The van der Waals surface area contributed by atoms with E-state index in [0.29, 0.717) is 19.5 Å². The van der Waals surface area contributed by atoms with Gasteiger partial charge in [0.2, 0.25) is 0 Å². The molecule has 6 heteroatoms. The highest BCUT2D eigenvalue weighted by atomic mass is 16.3. The maximum absolute atomic E-state index is 12.9. The third-order valence-corrected chi connectivity index (χ3v) is 4.71. The lowest BCUT2D eigenvalue weighted by Gasteiger charge is -2.31. The van der Waals surface area contributed by atoms with Crippen molar-refractivity contribution in [3.8, 4) is 0 Å². The summed E-state index contributed by atoms with van der Waals surface area (Å²) in [5, 5.41) is 12.3. The van der Waals surface area contributed by atoms with Gasteiger partial charge in [0.1, 0.15) is 0 Å². The Morgan fingerprint density at radius 2 is 2.32 bits per heavy atom. The Morgan fingerprint density at radius 1 is 1.48 bits per heavy atom. The molecule has 3 rings (SSSR count). The number of hydrogen-bond donors (Lipinski definition) is 2. The number of rotatable bonds is 7. The molecule has 25 heavy (non-hydrogen) atoms. The van der Waals surface area contributed by atoms with Gasteiger partial charge in [-0.1, -0.05) is 24.3 Å². The number of carbonyl (C=O) groups excluding carboxylic acids is 1. The van der Waals surface area contributed by atoms with Crippen molar-refractivity contribution in [1.29, 1.82) is 0 Å². The van der Waals surface area contributed by atoms with Gasteiger partial charge in [0.05, 0.1) is 12.4 Å². The molecule has 1 aliphatic rings. The van der Waals surface area contributed by atoms with Gasteiger partial charge in [0, 0.05) is 38.1 Å². The average molecular weight is 342 g/mol. The average Bonchev–Trinajstić information content (AvgIpc) is 3.25. The van der Waals surface area contributed by atoms with E-state index in [1.165, 1.54) is 11.1 Å². The maximum atomic E-state index is 12.9. The molecule has 0 bridgehead atoms. The fourth-order valence-electron chi connectivity index (χ4n) is 3.55. The van der Waals surface area contributed by atoms with E-state index in [1.807, 2.05) is 34.7 Å². The summed E-state index contributed by atoms with van der Waals surface area (Å²) in [4.78, 5) is 18.8. The van der Waals surface area contributed by atoms with E-state index in [4.69, 9.17) is 0 Å². The molecule has 2 unspecified atom stereocenters. The summed E-state index contributed by atoms with van der Waals surface area (Å²) in [5.74, 6) is 0. The Kier molecular flexibility index (Phi) is 5.71. The van der Waals surface area contributed by atoms with Crippen LogP contribution in [0.25, 0.3) is 0 Å². The second-order valence-corrected chi connectivity index (χ2v) is 6.63. The molecular weight excluding hydrogens is 316 g/mol. The van der Waals surface area contributed by atoms with Crippen molar-refractivity contribution in [2.45, 2.75) is 44.8 Å². The molecule has 0 saturated carbocycles. The largest absolute Gasteiger partial charge is 0.396 e. The second-order valence-electron chi connectivity index (χ2n) is 6.63. The van der Waals surface area contributed by atoms with Crippen LogP contribution in [0.4, 0.5) is 4.79 Å². The fraction of sp³-hybridized carbons (Fsp3) is 0.474. The van der Waals surface area contributed by atoms with Gasteiger partial charge in [-0.2, -0.15) is 0 Å². The van der Waals surface area contributed by atoms with Crippen molar-refractivity contribution < 1.29 is 9.90 Å². The van der Waals surface area contributed by atoms with Crippen LogP contribution in [-0.2, 0) is 13.0 Å². The maximum Gasteiger partial charge on any atom is 0.318 e. The van der Waals surface area contributed by atoms with E-state index >= 15 is 0 Å². The zero-order valence-electron chi connectivity index (χ0n) is 14.6.